The van der Waals surface area contributed by atoms with Gasteiger partial charge < -0.3 is 4.74 Å². The van der Waals surface area contributed by atoms with Crippen molar-refractivity contribution in [3.8, 4) is 5.75 Å². The van der Waals surface area contributed by atoms with Crippen molar-refractivity contribution < 1.29 is 4.74 Å². The normalized spacial score (nSPS) is 19.0. The molecule has 0 aliphatic carbocycles. The molecule has 2 aromatic carbocycles. The summed E-state index contributed by atoms with van der Waals surface area (Å²) in [6.07, 6.45) is 5.94. The fraction of sp³-hybridized carbons (Fsp3) is 0.381. The van der Waals surface area contributed by atoms with Crippen LogP contribution in [0.1, 0.15) is 36.0 Å². The Bertz CT molecular complexity index is 892. The lowest BCUT2D eigenvalue weighted by molar-refractivity contribution is 0.308. The van der Waals surface area contributed by atoms with Crippen LogP contribution in [-0.2, 0) is 12.8 Å². The summed E-state index contributed by atoms with van der Waals surface area (Å²) in [5.74, 6) is 1.18. The predicted molar refractivity (Wildman–Crippen MR) is 92.4 cm³/mol. The maximum Gasteiger partial charge on any atom is 0.210 e. The lowest BCUT2D eigenvalue weighted by Crippen LogP contribution is -2.45. The second-order valence-corrected chi connectivity index (χ2v) is 6.88. The molecule has 116 valence electrons. The van der Waals surface area contributed by atoms with Crippen LogP contribution in [0.3, 0.4) is 0 Å². The van der Waals surface area contributed by atoms with Crippen LogP contribution in [0.2, 0.25) is 0 Å². The van der Waals surface area contributed by atoms with Crippen LogP contribution in [-0.4, -0.2) is 19.7 Å². The summed E-state index contributed by atoms with van der Waals surface area (Å²) in [5.41, 5.74) is 5.85. The van der Waals surface area contributed by atoms with E-state index in [0.717, 1.165) is 13.0 Å². The van der Waals surface area contributed by atoms with Gasteiger partial charge in [-0.2, -0.15) is 0 Å². The number of nitrogens with zero attached hydrogens (tertiary/aromatic N) is 1. The lowest BCUT2D eigenvalue weighted by atomic mass is 9.90. The van der Waals surface area contributed by atoms with Crippen LogP contribution >= 0.6 is 0 Å². The number of ether oxygens (including phenoxy) is 1. The summed E-state index contributed by atoms with van der Waals surface area (Å²) < 4.78 is 8.79. The molecule has 3 aliphatic heterocycles. The van der Waals surface area contributed by atoms with Gasteiger partial charge in [0.15, 0.2) is 0 Å². The van der Waals surface area contributed by atoms with E-state index in [-0.39, 0.29) is 0 Å². The first-order valence-electron chi connectivity index (χ1n) is 8.90. The monoisotopic (exact) mass is 304 g/mol. The highest BCUT2D eigenvalue weighted by molar-refractivity contribution is 5.69. The van der Waals surface area contributed by atoms with Crippen LogP contribution in [0.4, 0.5) is 0 Å². The van der Waals surface area contributed by atoms with Crippen molar-refractivity contribution in [2.75, 3.05) is 19.7 Å². The van der Waals surface area contributed by atoms with E-state index in [2.05, 4.69) is 41.0 Å². The number of benzene rings is 2. The summed E-state index contributed by atoms with van der Waals surface area (Å²) in [5, 5.41) is 2.87. The van der Waals surface area contributed by atoms with Crippen molar-refractivity contribution in [1.29, 1.82) is 0 Å². The van der Waals surface area contributed by atoms with Gasteiger partial charge in [-0.15, -0.1) is 0 Å². The van der Waals surface area contributed by atoms with Gasteiger partial charge in [-0.1, -0.05) is 30.3 Å². The minimum atomic E-state index is 0.809. The van der Waals surface area contributed by atoms with Crippen molar-refractivity contribution in [3.05, 3.63) is 63.7 Å². The van der Waals surface area contributed by atoms with E-state index in [1.807, 2.05) is 0 Å². The minimum absolute atomic E-state index is 0.809. The average Bonchev–Trinajstić information content (AvgIpc) is 2.63. The fourth-order valence-corrected chi connectivity index (χ4v) is 4.55. The Morgan fingerprint density at radius 2 is 1.74 bits per heavy atom. The molecule has 0 fully saturated rings. The third kappa shape index (κ3) is 2.04. The minimum Gasteiger partial charge on any atom is -0.492 e. The Morgan fingerprint density at radius 3 is 2.61 bits per heavy atom. The van der Waals surface area contributed by atoms with Crippen LogP contribution in [0, 0.1) is 0 Å². The van der Waals surface area contributed by atoms with Crippen LogP contribution in [0.25, 0.3) is 5.57 Å². The predicted octanol–water partition coefficient (Wildman–Crippen LogP) is 2.05. The number of hydrogen-bond acceptors (Lipinski definition) is 1. The first kappa shape index (κ1) is 13.4. The molecular formula is C21H22NO+. The molecule has 2 aromatic rings. The van der Waals surface area contributed by atoms with Gasteiger partial charge in [0, 0.05) is 30.0 Å². The summed E-state index contributed by atoms with van der Waals surface area (Å²) in [6, 6.07) is 13.3. The smallest absolute Gasteiger partial charge is 0.210 e. The molecule has 0 unspecified atom stereocenters. The Labute approximate surface area is 136 Å². The van der Waals surface area contributed by atoms with Gasteiger partial charge in [0.1, 0.15) is 18.8 Å². The molecule has 3 heterocycles. The molecule has 0 saturated heterocycles. The van der Waals surface area contributed by atoms with Crippen molar-refractivity contribution in [3.63, 3.8) is 0 Å². The van der Waals surface area contributed by atoms with Gasteiger partial charge in [0.25, 0.3) is 0 Å². The zero-order valence-corrected chi connectivity index (χ0v) is 13.5. The average molecular weight is 304 g/mol. The van der Waals surface area contributed by atoms with Gasteiger partial charge in [-0.05, 0) is 30.0 Å². The molecule has 5 rings (SSSR count). The second kappa shape index (κ2) is 5.23. The highest BCUT2D eigenvalue weighted by Crippen LogP contribution is 2.25. The zero-order valence-electron chi connectivity index (χ0n) is 13.5. The van der Waals surface area contributed by atoms with Gasteiger partial charge in [-0.25, -0.2) is 4.58 Å². The van der Waals surface area contributed by atoms with Crippen molar-refractivity contribution >= 4 is 5.57 Å². The molecule has 0 bridgehead atoms. The highest BCUT2D eigenvalue weighted by Gasteiger charge is 2.28. The van der Waals surface area contributed by atoms with E-state index in [1.54, 1.807) is 5.56 Å². The summed E-state index contributed by atoms with van der Waals surface area (Å²) >= 11 is 0. The highest BCUT2D eigenvalue weighted by atomic mass is 16.5. The summed E-state index contributed by atoms with van der Waals surface area (Å²) in [4.78, 5) is 0. The fourth-order valence-electron chi connectivity index (χ4n) is 4.55. The molecule has 0 spiro atoms. The topological polar surface area (TPSA) is 12.2 Å². The molecule has 0 saturated carbocycles. The maximum absolute atomic E-state index is 6.20. The largest absolute Gasteiger partial charge is 0.492 e. The van der Waals surface area contributed by atoms with Gasteiger partial charge in [0.05, 0.1) is 12.2 Å². The number of fused-ring (bicyclic) bond motifs is 2. The van der Waals surface area contributed by atoms with E-state index >= 15 is 0 Å². The molecule has 0 aromatic heterocycles. The molecule has 0 radical (unpaired) electrons. The zero-order chi connectivity index (χ0) is 15.2. The van der Waals surface area contributed by atoms with Crippen molar-refractivity contribution in [2.24, 2.45) is 0 Å². The molecule has 2 nitrogen and oxygen atoms in total. The molecule has 0 amide bonds. The van der Waals surface area contributed by atoms with E-state index in [0.29, 0.717) is 0 Å². The molecule has 2 heteroatoms. The third-order valence-electron chi connectivity index (χ3n) is 5.52. The second-order valence-electron chi connectivity index (χ2n) is 6.88. The van der Waals surface area contributed by atoms with Crippen LogP contribution in [0.5, 0.6) is 5.75 Å². The van der Waals surface area contributed by atoms with E-state index in [9.17, 15) is 0 Å². The molecule has 23 heavy (non-hydrogen) atoms. The van der Waals surface area contributed by atoms with E-state index in [4.69, 9.17) is 4.74 Å². The number of hydrogen-bond donors (Lipinski definition) is 0. The Kier molecular flexibility index (Phi) is 3.04. The number of rotatable bonds is 1. The summed E-state index contributed by atoms with van der Waals surface area (Å²) in [7, 11) is 0. The van der Waals surface area contributed by atoms with Gasteiger partial charge >= 0.3 is 0 Å². The Hall–Kier alpha value is -2.09. The van der Waals surface area contributed by atoms with Gasteiger partial charge in [0.2, 0.25) is 5.36 Å². The van der Waals surface area contributed by atoms with Crippen molar-refractivity contribution in [1.82, 2.24) is 4.58 Å². The van der Waals surface area contributed by atoms with Crippen LogP contribution < -0.4 is 19.9 Å². The van der Waals surface area contributed by atoms with E-state index < -0.39 is 0 Å². The maximum atomic E-state index is 6.20. The molecule has 0 N–H and O–H groups in total. The van der Waals surface area contributed by atoms with Crippen LogP contribution in [0.15, 0.2) is 36.4 Å². The van der Waals surface area contributed by atoms with Gasteiger partial charge in [-0.3, -0.25) is 0 Å². The summed E-state index contributed by atoms with van der Waals surface area (Å²) in [6.45, 7) is 3.24. The first-order valence-corrected chi connectivity index (χ1v) is 8.90. The molecule has 3 aliphatic rings. The number of aryl methyl sites for hydroxylation is 1. The first-order chi connectivity index (χ1) is 11.4. The van der Waals surface area contributed by atoms with Crippen molar-refractivity contribution in [2.45, 2.75) is 32.1 Å². The Balaban J connectivity index is 1.89. The lowest BCUT2D eigenvalue weighted by Gasteiger charge is -2.25. The SMILES string of the molecule is c1ccc(C2=c3cc4c5c(c3OCC2)CCC[N+]=5CCC4)cc1. The third-order valence-corrected chi connectivity index (χ3v) is 5.52. The Morgan fingerprint density at radius 1 is 0.913 bits per heavy atom. The standard InChI is InChI=1S/C21H22NO/c1-2-6-15(7-3-1)17-10-13-23-21-18-9-5-12-22-11-4-8-16(20(18)22)14-19(17)21/h1-3,6-7,14H,4-5,8-13H2/q+1. The molecule has 0 atom stereocenters. The van der Waals surface area contributed by atoms with E-state index in [1.165, 1.54) is 71.8 Å². The quantitative estimate of drug-likeness (QED) is 0.735. The molecular weight excluding hydrogens is 282 g/mol.